The fraction of sp³-hybridized carbons (Fsp3) is 0.947. The Hall–Kier alpha value is -0.250. The summed E-state index contributed by atoms with van der Waals surface area (Å²) in [4.78, 5) is 4.58. The van der Waals surface area contributed by atoms with Crippen molar-refractivity contribution < 1.29 is 17.9 Å². The van der Waals surface area contributed by atoms with E-state index in [-0.39, 0.29) is 48.3 Å². The van der Waals surface area contributed by atoms with Gasteiger partial charge in [-0.25, -0.2) is 0 Å². The number of fused-ring (bicyclic) bond motifs is 2. The van der Waals surface area contributed by atoms with Crippen LogP contribution in [0.3, 0.4) is 0 Å². The predicted octanol–water partition coefficient (Wildman–Crippen LogP) is 4.24. The van der Waals surface area contributed by atoms with E-state index < -0.39 is 12.1 Å². The van der Waals surface area contributed by atoms with Gasteiger partial charge in [0.2, 0.25) is 0 Å². The summed E-state index contributed by atoms with van der Waals surface area (Å²) in [5.74, 6) is 0.200. The second-order valence-electron chi connectivity index (χ2n) is 8.51. The van der Waals surface area contributed by atoms with Crippen molar-refractivity contribution in [3.8, 4) is 0 Å². The highest BCUT2D eigenvalue weighted by Gasteiger charge is 2.66. The number of aliphatic imine (C=N–C) groups is 1. The number of hydrogen-bond donors (Lipinski definition) is 2. The van der Waals surface area contributed by atoms with E-state index in [0.29, 0.717) is 37.5 Å². The van der Waals surface area contributed by atoms with E-state index >= 15 is 0 Å². The van der Waals surface area contributed by atoms with Gasteiger partial charge in [-0.2, -0.15) is 13.2 Å². The molecule has 1 heterocycles. The van der Waals surface area contributed by atoms with Crippen LogP contribution in [0.2, 0.25) is 0 Å². The summed E-state index contributed by atoms with van der Waals surface area (Å²) in [6, 6.07) is 0.479. The first-order valence-corrected chi connectivity index (χ1v) is 10.2. The molecule has 4 aliphatic rings. The van der Waals surface area contributed by atoms with Crippen molar-refractivity contribution in [3.63, 3.8) is 0 Å². The maximum absolute atomic E-state index is 12.9. The molecule has 8 heteroatoms. The fourth-order valence-electron chi connectivity index (χ4n) is 5.65. The van der Waals surface area contributed by atoms with Gasteiger partial charge in [-0.1, -0.05) is 6.42 Å². The zero-order valence-corrected chi connectivity index (χ0v) is 18.2. The average Bonchev–Trinajstić information content (AvgIpc) is 2.96. The molecule has 27 heavy (non-hydrogen) atoms. The molecule has 3 saturated carbocycles. The van der Waals surface area contributed by atoms with Gasteiger partial charge in [0.25, 0.3) is 0 Å². The van der Waals surface area contributed by atoms with Gasteiger partial charge in [-0.3, -0.25) is 4.99 Å². The quantitative estimate of drug-likeness (QED) is 0.346. The van der Waals surface area contributed by atoms with E-state index in [1.807, 2.05) is 6.92 Å². The summed E-state index contributed by atoms with van der Waals surface area (Å²) in [6.07, 6.45) is 2.67. The van der Waals surface area contributed by atoms with Crippen LogP contribution in [0.15, 0.2) is 4.99 Å². The highest BCUT2D eigenvalue weighted by molar-refractivity contribution is 14.0. The molecule has 0 amide bonds. The molecular formula is C19H31F3IN3O. The molecule has 3 unspecified atom stereocenters. The Kier molecular flexibility index (Phi) is 6.55. The molecule has 4 nitrogen and oxygen atoms in total. The molecule has 4 rings (SSSR count). The standard InChI is InChI=1S/C19H30F3N3O.HI/c1-2-23-17(24-13-6-4-12(5-7-13)19(20,21)22)25-15-14-8-11-26-16(14)18(15)9-3-10-18;/h12-16H,2-11H2,1H3,(H2,23,24,25);1H. The Balaban J connectivity index is 0.00000210. The summed E-state index contributed by atoms with van der Waals surface area (Å²) in [7, 11) is 0. The normalized spacial score (nSPS) is 37.6. The number of alkyl halides is 3. The second kappa shape index (κ2) is 8.24. The summed E-state index contributed by atoms with van der Waals surface area (Å²) in [6.45, 7) is 3.51. The number of halogens is 4. The van der Waals surface area contributed by atoms with Crippen LogP contribution in [0.4, 0.5) is 13.2 Å². The molecule has 156 valence electrons. The van der Waals surface area contributed by atoms with Gasteiger partial charge < -0.3 is 15.4 Å². The van der Waals surface area contributed by atoms with E-state index in [2.05, 4.69) is 15.6 Å². The van der Waals surface area contributed by atoms with Crippen molar-refractivity contribution in [1.29, 1.82) is 0 Å². The fourth-order valence-corrected chi connectivity index (χ4v) is 5.65. The van der Waals surface area contributed by atoms with E-state index in [1.165, 1.54) is 19.3 Å². The van der Waals surface area contributed by atoms with Gasteiger partial charge in [-0.15, -0.1) is 24.0 Å². The summed E-state index contributed by atoms with van der Waals surface area (Å²) in [5.41, 5.74) is 0.269. The highest BCUT2D eigenvalue weighted by atomic mass is 127. The minimum atomic E-state index is -4.05. The maximum Gasteiger partial charge on any atom is 0.391 e. The lowest BCUT2D eigenvalue weighted by atomic mass is 9.46. The van der Waals surface area contributed by atoms with Crippen LogP contribution in [0.25, 0.3) is 0 Å². The number of nitrogens with one attached hydrogen (secondary N) is 2. The molecule has 0 radical (unpaired) electrons. The zero-order valence-electron chi connectivity index (χ0n) is 15.9. The Morgan fingerprint density at radius 3 is 2.37 bits per heavy atom. The van der Waals surface area contributed by atoms with E-state index in [4.69, 9.17) is 4.74 Å². The Morgan fingerprint density at radius 1 is 1.11 bits per heavy atom. The zero-order chi connectivity index (χ0) is 18.4. The predicted molar refractivity (Wildman–Crippen MR) is 109 cm³/mol. The monoisotopic (exact) mass is 501 g/mol. The van der Waals surface area contributed by atoms with Crippen LogP contribution < -0.4 is 10.6 Å². The summed E-state index contributed by atoms with van der Waals surface area (Å²) < 4.78 is 44.6. The molecule has 1 saturated heterocycles. The third-order valence-electron chi connectivity index (χ3n) is 7.18. The summed E-state index contributed by atoms with van der Waals surface area (Å²) >= 11 is 0. The summed E-state index contributed by atoms with van der Waals surface area (Å²) in [5, 5.41) is 7.07. The number of ether oxygens (including phenoxy) is 1. The molecule has 4 fully saturated rings. The van der Waals surface area contributed by atoms with Gasteiger partial charge in [0.15, 0.2) is 5.96 Å². The van der Waals surface area contributed by atoms with Gasteiger partial charge in [-0.05, 0) is 51.9 Å². The van der Waals surface area contributed by atoms with Crippen LogP contribution >= 0.6 is 24.0 Å². The lowest BCUT2D eigenvalue weighted by Gasteiger charge is -2.63. The lowest BCUT2D eigenvalue weighted by Crippen LogP contribution is -2.72. The largest absolute Gasteiger partial charge is 0.391 e. The Bertz CT molecular complexity index is 545. The molecule has 0 aromatic carbocycles. The smallest absolute Gasteiger partial charge is 0.377 e. The van der Waals surface area contributed by atoms with Crippen molar-refractivity contribution in [2.24, 2.45) is 22.2 Å². The molecule has 0 bridgehead atoms. The van der Waals surface area contributed by atoms with Crippen molar-refractivity contribution >= 4 is 29.9 Å². The maximum atomic E-state index is 12.9. The number of nitrogens with zero attached hydrogens (tertiary/aromatic N) is 1. The van der Waals surface area contributed by atoms with Crippen molar-refractivity contribution in [3.05, 3.63) is 0 Å². The SMILES string of the molecule is CCN=C(NC1CCC(C(F)(F)F)CC1)NC1C2CCOC2C12CCC2.I. The van der Waals surface area contributed by atoms with Crippen LogP contribution in [-0.2, 0) is 4.74 Å². The van der Waals surface area contributed by atoms with Gasteiger partial charge >= 0.3 is 6.18 Å². The van der Waals surface area contributed by atoms with Crippen LogP contribution in [0.1, 0.15) is 58.3 Å². The molecule has 3 aliphatic carbocycles. The first-order chi connectivity index (χ1) is 12.4. The number of hydrogen-bond acceptors (Lipinski definition) is 2. The molecule has 0 aromatic rings. The minimum Gasteiger partial charge on any atom is -0.377 e. The van der Waals surface area contributed by atoms with Gasteiger partial charge in [0.1, 0.15) is 0 Å². The molecule has 2 N–H and O–H groups in total. The van der Waals surface area contributed by atoms with Gasteiger partial charge in [0, 0.05) is 36.6 Å². The lowest BCUT2D eigenvalue weighted by molar-refractivity contribution is -0.182. The van der Waals surface area contributed by atoms with Gasteiger partial charge in [0.05, 0.1) is 12.0 Å². The van der Waals surface area contributed by atoms with Crippen molar-refractivity contribution in [2.45, 2.75) is 82.7 Å². The van der Waals surface area contributed by atoms with E-state index in [1.54, 1.807) is 0 Å². The second-order valence-corrected chi connectivity index (χ2v) is 8.51. The van der Waals surface area contributed by atoms with Crippen LogP contribution in [-0.4, -0.2) is 43.5 Å². The van der Waals surface area contributed by atoms with E-state index in [9.17, 15) is 13.2 Å². The van der Waals surface area contributed by atoms with Crippen molar-refractivity contribution in [1.82, 2.24) is 10.6 Å². The minimum absolute atomic E-state index is 0. The third-order valence-corrected chi connectivity index (χ3v) is 7.18. The topological polar surface area (TPSA) is 45.7 Å². The van der Waals surface area contributed by atoms with Crippen LogP contribution in [0.5, 0.6) is 0 Å². The molecule has 3 atom stereocenters. The molecule has 1 aliphatic heterocycles. The number of rotatable bonds is 3. The third kappa shape index (κ3) is 3.94. The molecule has 0 aromatic heterocycles. The Labute approximate surface area is 176 Å². The van der Waals surface area contributed by atoms with Crippen LogP contribution in [0, 0.1) is 17.3 Å². The number of guanidine groups is 1. The highest BCUT2D eigenvalue weighted by Crippen LogP contribution is 2.62. The van der Waals surface area contributed by atoms with Crippen molar-refractivity contribution in [2.75, 3.05) is 13.2 Å². The first kappa shape index (κ1) is 21.5. The Morgan fingerprint density at radius 2 is 1.81 bits per heavy atom. The first-order valence-electron chi connectivity index (χ1n) is 10.2. The average molecular weight is 501 g/mol. The molecule has 1 spiro atoms. The molecular weight excluding hydrogens is 470 g/mol. The van der Waals surface area contributed by atoms with E-state index in [0.717, 1.165) is 19.0 Å².